The van der Waals surface area contributed by atoms with Crippen LogP contribution >= 0.6 is 0 Å². The number of ether oxygens (including phenoxy) is 2. The third kappa shape index (κ3) is 5.49. The van der Waals surface area contributed by atoms with Gasteiger partial charge in [-0.05, 0) is 51.0 Å². The van der Waals surface area contributed by atoms with Crippen molar-refractivity contribution in [2.24, 2.45) is 0 Å². The van der Waals surface area contributed by atoms with Gasteiger partial charge in [-0.2, -0.15) is 0 Å². The van der Waals surface area contributed by atoms with E-state index in [2.05, 4.69) is 10.2 Å². The first-order chi connectivity index (χ1) is 12.9. The lowest BCUT2D eigenvalue weighted by molar-refractivity contribution is -0.119. The largest absolute Gasteiger partial charge is 0.486 e. The Hall–Kier alpha value is -2.00. The number of sulfonamides is 1. The zero-order valence-electron chi connectivity index (χ0n) is 15.6. The van der Waals surface area contributed by atoms with Gasteiger partial charge in [0.15, 0.2) is 11.5 Å². The molecule has 2 aliphatic heterocycles. The molecule has 0 unspecified atom stereocenters. The van der Waals surface area contributed by atoms with Gasteiger partial charge in [-0.15, -0.1) is 0 Å². The summed E-state index contributed by atoms with van der Waals surface area (Å²) in [5.41, 5.74) is 0.383. The molecule has 1 N–H and O–H groups in total. The molecule has 1 aromatic carbocycles. The van der Waals surface area contributed by atoms with Gasteiger partial charge in [0.1, 0.15) is 19.8 Å². The minimum Gasteiger partial charge on any atom is -0.486 e. The van der Waals surface area contributed by atoms with E-state index in [1.165, 1.54) is 12.8 Å². The number of fused-ring (bicyclic) bond motifs is 1. The van der Waals surface area contributed by atoms with Crippen molar-refractivity contribution >= 4 is 21.6 Å². The second kappa shape index (κ2) is 8.79. The maximum Gasteiger partial charge on any atom is 0.240 e. The van der Waals surface area contributed by atoms with E-state index < -0.39 is 10.0 Å². The van der Waals surface area contributed by atoms with E-state index in [1.54, 1.807) is 18.2 Å². The molecule has 0 bridgehead atoms. The van der Waals surface area contributed by atoms with E-state index in [4.69, 9.17) is 9.47 Å². The third-order valence-electron chi connectivity index (χ3n) is 4.67. The lowest BCUT2D eigenvalue weighted by atomic mass is 10.2. The van der Waals surface area contributed by atoms with Crippen LogP contribution in [0.5, 0.6) is 11.5 Å². The monoisotopic (exact) mass is 397 g/mol. The lowest BCUT2D eigenvalue weighted by Gasteiger charge is -2.24. The molecule has 0 radical (unpaired) electrons. The molecular weight excluding hydrogens is 370 g/mol. The van der Waals surface area contributed by atoms with Crippen molar-refractivity contribution in [3.8, 4) is 11.5 Å². The molecule has 0 atom stereocenters. The van der Waals surface area contributed by atoms with Gasteiger partial charge in [0.05, 0.1) is 11.9 Å². The van der Waals surface area contributed by atoms with Gasteiger partial charge >= 0.3 is 0 Å². The first-order valence-corrected chi connectivity index (χ1v) is 11.1. The van der Waals surface area contributed by atoms with E-state index in [9.17, 15) is 13.2 Å². The Morgan fingerprint density at radius 2 is 1.89 bits per heavy atom. The van der Waals surface area contributed by atoms with Crippen LogP contribution in [0.2, 0.25) is 0 Å². The average molecular weight is 397 g/mol. The summed E-state index contributed by atoms with van der Waals surface area (Å²) in [6.07, 6.45) is 4.43. The topological polar surface area (TPSA) is 88.2 Å². The van der Waals surface area contributed by atoms with Gasteiger partial charge in [0, 0.05) is 12.6 Å². The summed E-state index contributed by atoms with van der Waals surface area (Å²) in [5, 5.41) is 2.81. The smallest absolute Gasteiger partial charge is 0.240 e. The average Bonchev–Trinajstić information content (AvgIpc) is 3.15. The first-order valence-electron chi connectivity index (χ1n) is 9.30. The van der Waals surface area contributed by atoms with Crippen molar-refractivity contribution in [2.75, 3.05) is 56.5 Å². The zero-order chi connectivity index (χ0) is 19.3. The fraction of sp³-hybridized carbons (Fsp3) is 0.611. The molecule has 2 aliphatic rings. The summed E-state index contributed by atoms with van der Waals surface area (Å²) < 4.78 is 36.5. The van der Waals surface area contributed by atoms with Crippen LogP contribution in [-0.2, 0) is 14.8 Å². The lowest BCUT2D eigenvalue weighted by Crippen LogP contribution is -2.41. The maximum absolute atomic E-state index is 12.3. The normalized spacial score (nSPS) is 16.9. The van der Waals surface area contributed by atoms with Crippen molar-refractivity contribution in [1.29, 1.82) is 0 Å². The Kier molecular flexibility index (Phi) is 6.43. The molecule has 0 spiro atoms. The highest BCUT2D eigenvalue weighted by atomic mass is 32.2. The zero-order valence-corrected chi connectivity index (χ0v) is 16.5. The Morgan fingerprint density at radius 1 is 1.19 bits per heavy atom. The molecule has 0 aromatic heterocycles. The summed E-state index contributed by atoms with van der Waals surface area (Å²) in [7, 11) is -3.62. The van der Waals surface area contributed by atoms with Gasteiger partial charge in [-0.3, -0.25) is 9.10 Å². The second-order valence-electron chi connectivity index (χ2n) is 6.85. The number of rotatable bonds is 8. The van der Waals surface area contributed by atoms with E-state index in [-0.39, 0.29) is 12.5 Å². The minimum absolute atomic E-state index is 0.262. The predicted molar refractivity (Wildman–Crippen MR) is 103 cm³/mol. The highest BCUT2D eigenvalue weighted by molar-refractivity contribution is 7.92. The van der Waals surface area contributed by atoms with Crippen LogP contribution in [0.25, 0.3) is 0 Å². The molecule has 150 valence electrons. The highest BCUT2D eigenvalue weighted by Crippen LogP contribution is 2.34. The van der Waals surface area contributed by atoms with Crippen LogP contribution in [0, 0.1) is 0 Å². The number of nitrogens with zero attached hydrogens (tertiary/aromatic N) is 2. The van der Waals surface area contributed by atoms with Crippen molar-refractivity contribution < 1.29 is 22.7 Å². The predicted octanol–water partition coefficient (Wildman–Crippen LogP) is 0.826. The van der Waals surface area contributed by atoms with E-state index in [0.717, 1.165) is 36.6 Å². The number of hydrogen-bond donors (Lipinski definition) is 1. The summed E-state index contributed by atoms with van der Waals surface area (Å²) >= 11 is 0. The van der Waals surface area contributed by atoms with Crippen LogP contribution in [0.1, 0.15) is 19.3 Å². The number of likely N-dealkylation sites (tertiary alicyclic amines) is 1. The fourth-order valence-electron chi connectivity index (χ4n) is 3.31. The number of carbonyl (C=O) groups excluding carboxylic acids is 1. The molecule has 1 saturated heterocycles. The molecule has 1 aromatic rings. The highest BCUT2D eigenvalue weighted by Gasteiger charge is 2.23. The first kappa shape index (κ1) is 19.8. The van der Waals surface area contributed by atoms with E-state index in [0.29, 0.717) is 36.9 Å². The second-order valence-corrected chi connectivity index (χ2v) is 8.76. The van der Waals surface area contributed by atoms with Gasteiger partial charge in [0.2, 0.25) is 15.9 Å². The van der Waals surface area contributed by atoms with Crippen molar-refractivity contribution in [1.82, 2.24) is 10.2 Å². The Balaban J connectivity index is 1.57. The van der Waals surface area contributed by atoms with Crippen molar-refractivity contribution in [3.05, 3.63) is 18.2 Å². The van der Waals surface area contributed by atoms with E-state index >= 15 is 0 Å². The van der Waals surface area contributed by atoms with Gasteiger partial charge < -0.3 is 19.7 Å². The standard InChI is InChI=1S/C18H27N3O5S/c1-27(23,24)21(15-5-6-16-17(13-15)26-12-11-25-16)14-18(22)19-7-4-10-20-8-2-3-9-20/h5-6,13H,2-4,7-12,14H2,1H3,(H,19,22). The van der Waals surface area contributed by atoms with Crippen LogP contribution in [0.4, 0.5) is 5.69 Å². The molecule has 1 amide bonds. The molecular formula is C18H27N3O5S. The van der Waals surface area contributed by atoms with Crippen LogP contribution in [-0.4, -0.2) is 71.4 Å². The molecule has 1 fully saturated rings. The SMILES string of the molecule is CS(=O)(=O)N(CC(=O)NCCCN1CCCC1)c1ccc2c(c1)OCCO2. The summed E-state index contributed by atoms with van der Waals surface area (Å²) in [6.45, 7) is 4.35. The number of anilines is 1. The Labute approximate surface area is 160 Å². The molecule has 9 heteroatoms. The molecule has 3 rings (SSSR count). The summed E-state index contributed by atoms with van der Waals surface area (Å²) in [5.74, 6) is 0.736. The van der Waals surface area contributed by atoms with Gasteiger partial charge in [-0.25, -0.2) is 8.42 Å². The summed E-state index contributed by atoms with van der Waals surface area (Å²) in [4.78, 5) is 14.7. The van der Waals surface area contributed by atoms with E-state index in [1.807, 2.05) is 0 Å². The summed E-state index contributed by atoms with van der Waals surface area (Å²) in [6, 6.07) is 4.88. The maximum atomic E-state index is 12.3. The number of hydrogen-bond acceptors (Lipinski definition) is 6. The molecule has 8 nitrogen and oxygen atoms in total. The third-order valence-corrected chi connectivity index (χ3v) is 5.81. The minimum atomic E-state index is -3.62. The van der Waals surface area contributed by atoms with Crippen LogP contribution in [0.15, 0.2) is 18.2 Å². The molecule has 27 heavy (non-hydrogen) atoms. The van der Waals surface area contributed by atoms with Crippen molar-refractivity contribution in [2.45, 2.75) is 19.3 Å². The van der Waals surface area contributed by atoms with Crippen molar-refractivity contribution in [3.63, 3.8) is 0 Å². The molecule has 2 heterocycles. The van der Waals surface area contributed by atoms with Crippen LogP contribution in [0.3, 0.4) is 0 Å². The fourth-order valence-corrected chi connectivity index (χ4v) is 4.16. The Bertz CT molecular complexity index is 762. The van der Waals surface area contributed by atoms with Gasteiger partial charge in [-0.1, -0.05) is 0 Å². The number of amides is 1. The molecule has 0 saturated carbocycles. The number of benzene rings is 1. The van der Waals surface area contributed by atoms with Crippen LogP contribution < -0.4 is 19.1 Å². The number of nitrogens with one attached hydrogen (secondary N) is 1. The van der Waals surface area contributed by atoms with Gasteiger partial charge in [0.25, 0.3) is 0 Å². The number of carbonyl (C=O) groups is 1. The Morgan fingerprint density at radius 3 is 2.59 bits per heavy atom. The molecule has 0 aliphatic carbocycles. The quantitative estimate of drug-likeness (QED) is 0.654.